The van der Waals surface area contributed by atoms with Crippen molar-refractivity contribution in [2.45, 2.75) is 19.3 Å². The minimum atomic E-state index is -1.06. The predicted octanol–water partition coefficient (Wildman–Crippen LogP) is 6.75. The van der Waals surface area contributed by atoms with Crippen LogP contribution in [0, 0.1) is 17.7 Å². The van der Waals surface area contributed by atoms with Gasteiger partial charge in [0.05, 0.1) is 21.6 Å². The van der Waals surface area contributed by atoms with Crippen LogP contribution < -0.4 is 0 Å². The molecule has 5 nitrogen and oxygen atoms in total. The maximum atomic E-state index is 14.4. The maximum Gasteiger partial charge on any atom is 0.328 e. The first-order valence-electron chi connectivity index (χ1n) is 11.1. The van der Waals surface area contributed by atoms with Crippen molar-refractivity contribution in [1.82, 2.24) is 15.2 Å². The highest BCUT2D eigenvalue weighted by Crippen LogP contribution is 2.47. The first-order chi connectivity index (χ1) is 16.9. The van der Waals surface area contributed by atoms with Gasteiger partial charge in [0, 0.05) is 17.8 Å². The summed E-state index contributed by atoms with van der Waals surface area (Å²) in [6.45, 7) is 0. The van der Waals surface area contributed by atoms with Gasteiger partial charge in [-0.25, -0.2) is 9.18 Å². The van der Waals surface area contributed by atoms with Crippen LogP contribution in [0.15, 0.2) is 60.8 Å². The standard InChI is InChI=1S/C27H20ClF2N3O2/c28-22-13-18(29)6-9-20(22)26(15-2-1-3-15)25(16-5-10-23-21(12-16)27(30)33-32-23)17-4-7-19(31-14-17)8-11-24(34)35/h4-15H,1-3H2,(H,32,33)(H,34,35). The zero-order chi connectivity index (χ0) is 24.5. The SMILES string of the molecule is O=C(O)C=Cc1ccc(C(=C(c2ccc(F)cc2Cl)C2CCC2)c2ccc3[nH]nc(F)c3c2)cn1. The topological polar surface area (TPSA) is 78.9 Å². The van der Waals surface area contributed by atoms with Crippen LogP contribution in [0.25, 0.3) is 28.1 Å². The molecule has 0 radical (unpaired) electrons. The Morgan fingerprint density at radius 1 is 1.09 bits per heavy atom. The van der Waals surface area contributed by atoms with Crippen molar-refractivity contribution in [1.29, 1.82) is 0 Å². The summed E-state index contributed by atoms with van der Waals surface area (Å²) in [5, 5.41) is 15.9. The molecule has 1 aliphatic rings. The van der Waals surface area contributed by atoms with Crippen LogP contribution in [-0.2, 0) is 4.79 Å². The number of carbonyl (C=O) groups is 1. The zero-order valence-electron chi connectivity index (χ0n) is 18.4. The Kier molecular flexibility index (Phi) is 6.17. The van der Waals surface area contributed by atoms with Crippen molar-refractivity contribution >= 4 is 45.7 Å². The highest BCUT2D eigenvalue weighted by molar-refractivity contribution is 6.32. The van der Waals surface area contributed by atoms with Gasteiger partial charge in [0.1, 0.15) is 5.82 Å². The normalized spacial score (nSPS) is 14.8. The number of carboxylic acid groups (broad SMARTS) is 1. The number of aromatic amines is 1. The number of fused-ring (bicyclic) bond motifs is 1. The molecule has 2 N–H and O–H groups in total. The second kappa shape index (κ2) is 9.43. The van der Waals surface area contributed by atoms with E-state index in [9.17, 15) is 13.6 Å². The Morgan fingerprint density at radius 2 is 1.89 bits per heavy atom. The average Bonchev–Trinajstić information content (AvgIpc) is 3.17. The molecule has 0 saturated heterocycles. The first kappa shape index (κ1) is 22.9. The smallest absolute Gasteiger partial charge is 0.328 e. The number of allylic oxidation sites excluding steroid dienone is 1. The Bertz CT molecular complexity index is 1490. The lowest BCUT2D eigenvalue weighted by molar-refractivity contribution is -0.131. The Balaban J connectivity index is 1.76. The van der Waals surface area contributed by atoms with Crippen LogP contribution in [0.5, 0.6) is 0 Å². The number of halogens is 3. The molecule has 0 amide bonds. The molecule has 1 aliphatic carbocycles. The first-order valence-corrected chi connectivity index (χ1v) is 11.5. The lowest BCUT2D eigenvalue weighted by Gasteiger charge is -2.32. The van der Waals surface area contributed by atoms with Gasteiger partial charge in [-0.3, -0.25) is 10.1 Å². The Hall–Kier alpha value is -3.84. The molecule has 0 bridgehead atoms. The van der Waals surface area contributed by atoms with E-state index in [1.54, 1.807) is 30.5 Å². The van der Waals surface area contributed by atoms with E-state index in [0.717, 1.165) is 53.2 Å². The van der Waals surface area contributed by atoms with Gasteiger partial charge < -0.3 is 5.11 Å². The van der Waals surface area contributed by atoms with E-state index >= 15 is 0 Å². The summed E-state index contributed by atoms with van der Waals surface area (Å²) in [6, 6.07) is 13.3. The monoisotopic (exact) mass is 491 g/mol. The van der Waals surface area contributed by atoms with Crippen molar-refractivity contribution in [3.05, 3.63) is 100.0 Å². The van der Waals surface area contributed by atoms with Gasteiger partial charge in [-0.05, 0) is 77.4 Å². The molecule has 1 fully saturated rings. The number of nitrogens with zero attached hydrogens (tertiary/aromatic N) is 2. The quantitative estimate of drug-likeness (QED) is 0.231. The van der Waals surface area contributed by atoms with Crippen LogP contribution in [0.3, 0.4) is 0 Å². The highest BCUT2D eigenvalue weighted by Gasteiger charge is 2.29. The number of aromatic nitrogens is 3. The molecule has 1 saturated carbocycles. The van der Waals surface area contributed by atoms with Gasteiger partial charge in [0.25, 0.3) is 0 Å². The molecule has 0 atom stereocenters. The minimum Gasteiger partial charge on any atom is -0.478 e. The summed E-state index contributed by atoms with van der Waals surface area (Å²) in [5.41, 5.74) is 5.03. The summed E-state index contributed by atoms with van der Waals surface area (Å²) in [7, 11) is 0. The number of benzene rings is 2. The third kappa shape index (κ3) is 4.59. The molecule has 5 rings (SSSR count). The number of carboxylic acids is 1. The second-order valence-corrected chi connectivity index (χ2v) is 8.87. The van der Waals surface area contributed by atoms with Gasteiger partial charge in [-0.2, -0.15) is 4.39 Å². The molecule has 0 unspecified atom stereocenters. The van der Waals surface area contributed by atoms with Gasteiger partial charge >= 0.3 is 5.97 Å². The number of hydrogen-bond acceptors (Lipinski definition) is 3. The summed E-state index contributed by atoms with van der Waals surface area (Å²) in [4.78, 5) is 15.3. The van der Waals surface area contributed by atoms with Crippen molar-refractivity contribution in [2.75, 3.05) is 0 Å². The summed E-state index contributed by atoms with van der Waals surface area (Å²) in [6.07, 6.45) is 7.04. The molecule has 176 valence electrons. The van der Waals surface area contributed by atoms with Gasteiger partial charge in [0.15, 0.2) is 0 Å². The molecule has 2 aromatic heterocycles. The number of rotatable bonds is 6. The fourth-order valence-corrected chi connectivity index (χ4v) is 4.66. The molecule has 2 aromatic carbocycles. The van der Waals surface area contributed by atoms with E-state index in [4.69, 9.17) is 16.7 Å². The molecular formula is C27H20ClF2N3O2. The summed E-state index contributed by atoms with van der Waals surface area (Å²) in [5.74, 6) is -1.90. The van der Waals surface area contributed by atoms with Crippen LogP contribution in [0.2, 0.25) is 5.02 Å². The summed E-state index contributed by atoms with van der Waals surface area (Å²) >= 11 is 6.54. The number of hydrogen-bond donors (Lipinski definition) is 2. The van der Waals surface area contributed by atoms with Gasteiger partial charge in [-0.15, -0.1) is 5.10 Å². The van der Waals surface area contributed by atoms with Crippen LogP contribution in [-0.4, -0.2) is 26.3 Å². The van der Waals surface area contributed by atoms with Crippen LogP contribution in [0.4, 0.5) is 8.78 Å². The van der Waals surface area contributed by atoms with Crippen molar-refractivity contribution in [3.63, 3.8) is 0 Å². The Labute approximate surface area is 204 Å². The number of pyridine rings is 1. The van der Waals surface area contributed by atoms with Gasteiger partial charge in [-0.1, -0.05) is 36.2 Å². The fraction of sp³-hybridized carbons (Fsp3) is 0.148. The molecule has 8 heteroatoms. The molecule has 0 aliphatic heterocycles. The third-order valence-corrected chi connectivity index (χ3v) is 6.59. The predicted molar refractivity (Wildman–Crippen MR) is 132 cm³/mol. The minimum absolute atomic E-state index is 0.185. The third-order valence-electron chi connectivity index (χ3n) is 6.28. The van der Waals surface area contributed by atoms with Crippen molar-refractivity contribution < 1.29 is 18.7 Å². The fourth-order valence-electron chi connectivity index (χ4n) is 4.39. The molecule has 2 heterocycles. The number of nitrogens with one attached hydrogen (secondary N) is 1. The largest absolute Gasteiger partial charge is 0.478 e. The number of H-pyrrole nitrogens is 1. The lowest BCUT2D eigenvalue weighted by Crippen LogP contribution is -2.15. The van der Waals surface area contributed by atoms with E-state index in [2.05, 4.69) is 15.2 Å². The van der Waals surface area contributed by atoms with E-state index in [0.29, 0.717) is 21.6 Å². The molecule has 4 aromatic rings. The van der Waals surface area contributed by atoms with Gasteiger partial charge in [0.2, 0.25) is 5.95 Å². The van der Waals surface area contributed by atoms with E-state index in [1.807, 2.05) is 12.1 Å². The average molecular weight is 492 g/mol. The van der Waals surface area contributed by atoms with Crippen LogP contribution in [0.1, 0.15) is 41.6 Å². The van der Waals surface area contributed by atoms with E-state index in [-0.39, 0.29) is 5.92 Å². The second-order valence-electron chi connectivity index (χ2n) is 8.46. The van der Waals surface area contributed by atoms with Crippen LogP contribution >= 0.6 is 11.6 Å². The van der Waals surface area contributed by atoms with E-state index < -0.39 is 17.7 Å². The number of aliphatic carboxylic acids is 1. The highest BCUT2D eigenvalue weighted by atomic mass is 35.5. The van der Waals surface area contributed by atoms with Crippen molar-refractivity contribution in [3.8, 4) is 0 Å². The molecule has 35 heavy (non-hydrogen) atoms. The molecular weight excluding hydrogens is 472 g/mol. The molecule has 0 spiro atoms. The maximum absolute atomic E-state index is 14.4. The lowest BCUT2D eigenvalue weighted by atomic mass is 9.73. The summed E-state index contributed by atoms with van der Waals surface area (Å²) < 4.78 is 28.3. The zero-order valence-corrected chi connectivity index (χ0v) is 19.2. The van der Waals surface area contributed by atoms with Crippen molar-refractivity contribution in [2.24, 2.45) is 5.92 Å². The van der Waals surface area contributed by atoms with E-state index in [1.165, 1.54) is 18.2 Å². The Morgan fingerprint density at radius 3 is 2.54 bits per heavy atom.